The smallest absolute Gasteiger partial charge is 0.0352 e. The van der Waals surface area contributed by atoms with Gasteiger partial charge in [0.25, 0.3) is 0 Å². The molecule has 2 saturated carbocycles. The molecule has 0 saturated heterocycles. The van der Waals surface area contributed by atoms with Gasteiger partial charge in [-0.1, -0.05) is 6.42 Å². The number of hydrogen-bond acceptors (Lipinski definition) is 0. The lowest BCUT2D eigenvalue weighted by molar-refractivity contribution is 0.557. The Morgan fingerprint density at radius 3 is 2.43 bits per heavy atom. The minimum atomic E-state index is 1.05. The van der Waals surface area contributed by atoms with E-state index < -0.39 is 0 Å². The molecule has 2 aliphatic carbocycles. The van der Waals surface area contributed by atoms with E-state index in [1.54, 1.807) is 0 Å². The van der Waals surface area contributed by atoms with E-state index in [2.05, 4.69) is 6.42 Å². The lowest BCUT2D eigenvalue weighted by atomic mass is 10.0. The van der Waals surface area contributed by atoms with Gasteiger partial charge in [-0.05, 0) is 37.5 Å². The zero-order chi connectivity index (χ0) is 4.69. The quantitative estimate of drug-likeness (QED) is 0.431. The summed E-state index contributed by atoms with van der Waals surface area (Å²) in [5.74, 6) is 2.16. The second kappa shape index (κ2) is 1.24. The van der Waals surface area contributed by atoms with Crippen LogP contribution < -0.4 is 0 Å². The van der Waals surface area contributed by atoms with E-state index >= 15 is 0 Å². The minimum Gasteiger partial charge on any atom is -0.0502 e. The fourth-order valence-electron chi connectivity index (χ4n) is 1.93. The highest BCUT2D eigenvalue weighted by molar-refractivity contribution is 4.94. The summed E-state index contributed by atoms with van der Waals surface area (Å²) in [5, 5.41) is 0. The predicted molar refractivity (Wildman–Crippen MR) is 29.7 cm³/mol. The first kappa shape index (κ1) is 3.94. The summed E-state index contributed by atoms with van der Waals surface area (Å²) in [4.78, 5) is 0. The summed E-state index contributed by atoms with van der Waals surface area (Å²) in [7, 11) is 0. The van der Waals surface area contributed by atoms with Gasteiger partial charge in [0, 0.05) is 0 Å². The molecule has 0 nitrogen and oxygen atoms in total. The van der Waals surface area contributed by atoms with Crippen LogP contribution in [0.15, 0.2) is 0 Å². The molecule has 39 valence electrons. The standard InChI is InChI=1S/C7H11/c1-2-7-4-3-6(1)5-7/h1,6-7H,2-5H2/t6-,7-/m0/s1. The molecule has 0 aromatic rings. The molecule has 2 aliphatic rings. The first-order valence-electron chi connectivity index (χ1n) is 3.28. The minimum absolute atomic E-state index is 1.05. The molecule has 2 atom stereocenters. The maximum Gasteiger partial charge on any atom is -0.0352 e. The van der Waals surface area contributed by atoms with Crippen molar-refractivity contribution in [1.82, 2.24) is 0 Å². The monoisotopic (exact) mass is 95.1 g/mol. The van der Waals surface area contributed by atoms with Crippen LogP contribution in [-0.4, -0.2) is 0 Å². The van der Waals surface area contributed by atoms with E-state index in [-0.39, 0.29) is 0 Å². The van der Waals surface area contributed by atoms with Crippen molar-refractivity contribution in [2.24, 2.45) is 11.8 Å². The van der Waals surface area contributed by atoms with Crippen LogP contribution in [0.4, 0.5) is 0 Å². The summed E-state index contributed by atoms with van der Waals surface area (Å²) in [6, 6.07) is 0. The van der Waals surface area contributed by atoms with Crippen LogP contribution in [0.3, 0.4) is 0 Å². The van der Waals surface area contributed by atoms with Gasteiger partial charge in [-0.15, -0.1) is 0 Å². The van der Waals surface area contributed by atoms with Crippen molar-refractivity contribution in [3.63, 3.8) is 0 Å². The van der Waals surface area contributed by atoms with Crippen molar-refractivity contribution in [2.75, 3.05) is 0 Å². The van der Waals surface area contributed by atoms with Crippen LogP contribution in [-0.2, 0) is 0 Å². The molecule has 0 unspecified atom stereocenters. The second-order valence-corrected chi connectivity index (χ2v) is 2.91. The molecule has 2 rings (SSSR count). The Balaban J connectivity index is 2.12. The third-order valence-electron chi connectivity index (χ3n) is 2.38. The van der Waals surface area contributed by atoms with Crippen molar-refractivity contribution < 1.29 is 0 Å². The van der Waals surface area contributed by atoms with E-state index in [0.717, 1.165) is 11.8 Å². The van der Waals surface area contributed by atoms with Crippen LogP contribution in [0.2, 0.25) is 0 Å². The molecule has 2 fully saturated rings. The Morgan fingerprint density at radius 2 is 2.29 bits per heavy atom. The zero-order valence-electron chi connectivity index (χ0n) is 4.56. The van der Waals surface area contributed by atoms with E-state index in [1.165, 1.54) is 25.7 Å². The Kier molecular flexibility index (Phi) is 0.697. The van der Waals surface area contributed by atoms with Gasteiger partial charge in [0.1, 0.15) is 0 Å². The van der Waals surface area contributed by atoms with Crippen molar-refractivity contribution in [3.05, 3.63) is 6.42 Å². The highest BCUT2D eigenvalue weighted by Crippen LogP contribution is 2.43. The third-order valence-corrected chi connectivity index (χ3v) is 2.38. The summed E-state index contributed by atoms with van der Waals surface area (Å²) < 4.78 is 0. The van der Waals surface area contributed by atoms with Gasteiger partial charge in [-0.3, -0.25) is 0 Å². The van der Waals surface area contributed by atoms with Gasteiger partial charge in [-0.25, -0.2) is 0 Å². The molecule has 2 bridgehead atoms. The van der Waals surface area contributed by atoms with Crippen molar-refractivity contribution in [2.45, 2.75) is 25.7 Å². The largest absolute Gasteiger partial charge is 0.0502 e. The van der Waals surface area contributed by atoms with Crippen molar-refractivity contribution >= 4 is 0 Å². The molecule has 0 heterocycles. The van der Waals surface area contributed by atoms with Gasteiger partial charge in [-0.2, -0.15) is 0 Å². The Hall–Kier alpha value is 0. The maximum atomic E-state index is 2.51. The highest BCUT2D eigenvalue weighted by Gasteiger charge is 2.30. The van der Waals surface area contributed by atoms with Crippen molar-refractivity contribution in [1.29, 1.82) is 0 Å². The Morgan fingerprint density at radius 1 is 1.29 bits per heavy atom. The molecule has 0 aliphatic heterocycles. The molecular weight excluding hydrogens is 84.1 g/mol. The van der Waals surface area contributed by atoms with Gasteiger partial charge < -0.3 is 0 Å². The first-order chi connectivity index (χ1) is 3.45. The zero-order valence-corrected chi connectivity index (χ0v) is 4.56. The maximum absolute atomic E-state index is 2.51. The third kappa shape index (κ3) is 0.490. The average molecular weight is 95.2 g/mol. The first-order valence-corrected chi connectivity index (χ1v) is 3.28. The van der Waals surface area contributed by atoms with Crippen molar-refractivity contribution in [3.8, 4) is 0 Å². The summed E-state index contributed by atoms with van der Waals surface area (Å²) in [6.07, 6.45) is 8.50. The Labute approximate surface area is 44.9 Å². The molecular formula is C7H11. The second-order valence-electron chi connectivity index (χ2n) is 2.91. The lowest BCUT2D eigenvalue weighted by Gasteiger charge is -2.04. The molecule has 0 aromatic carbocycles. The fraction of sp³-hybridized carbons (Fsp3) is 0.857. The topological polar surface area (TPSA) is 0 Å². The van der Waals surface area contributed by atoms with E-state index in [4.69, 9.17) is 0 Å². The van der Waals surface area contributed by atoms with Crippen LogP contribution in [0.5, 0.6) is 0 Å². The van der Waals surface area contributed by atoms with Crippen LogP contribution in [0.25, 0.3) is 0 Å². The number of rotatable bonds is 0. The predicted octanol–water partition coefficient (Wildman–Crippen LogP) is 2.01. The molecule has 0 heteroatoms. The van der Waals surface area contributed by atoms with Crippen LogP contribution in [0, 0.1) is 18.3 Å². The fourth-order valence-corrected chi connectivity index (χ4v) is 1.93. The number of fused-ring (bicyclic) bond motifs is 2. The molecule has 0 aromatic heterocycles. The normalized spacial score (nSPS) is 48.0. The summed E-state index contributed by atoms with van der Waals surface area (Å²) in [6.45, 7) is 0. The van der Waals surface area contributed by atoms with E-state index in [1.807, 2.05) is 0 Å². The number of hydrogen-bond donors (Lipinski definition) is 0. The van der Waals surface area contributed by atoms with Gasteiger partial charge in [0.2, 0.25) is 0 Å². The Bertz CT molecular complexity index is 58.1. The van der Waals surface area contributed by atoms with Gasteiger partial charge >= 0.3 is 0 Å². The van der Waals surface area contributed by atoms with Gasteiger partial charge in [0.05, 0.1) is 0 Å². The van der Waals surface area contributed by atoms with E-state index in [9.17, 15) is 0 Å². The highest BCUT2D eigenvalue weighted by atomic mass is 14.4. The van der Waals surface area contributed by atoms with Crippen LogP contribution in [0.1, 0.15) is 25.7 Å². The summed E-state index contributed by atoms with van der Waals surface area (Å²) >= 11 is 0. The van der Waals surface area contributed by atoms with Gasteiger partial charge in [0.15, 0.2) is 0 Å². The molecule has 0 amide bonds. The molecule has 0 spiro atoms. The SMILES string of the molecule is [CH]1C[C@H]2CC[C@H]1C2. The van der Waals surface area contributed by atoms with E-state index in [0.29, 0.717) is 0 Å². The molecule has 0 N–H and O–H groups in total. The molecule has 1 radical (unpaired) electrons. The molecule has 7 heavy (non-hydrogen) atoms. The summed E-state index contributed by atoms with van der Waals surface area (Å²) in [5.41, 5.74) is 0. The lowest BCUT2D eigenvalue weighted by Crippen LogP contribution is -1.92. The van der Waals surface area contributed by atoms with Crippen LogP contribution >= 0.6 is 0 Å². The average Bonchev–Trinajstić information content (AvgIpc) is 2.22.